The van der Waals surface area contributed by atoms with Crippen molar-refractivity contribution in [3.8, 4) is 0 Å². The van der Waals surface area contributed by atoms with Crippen LogP contribution in [-0.2, 0) is 23.1 Å². The first kappa shape index (κ1) is 14.6. The number of piperidine rings is 1. The summed E-state index contributed by atoms with van der Waals surface area (Å²) < 4.78 is 1.94. The highest BCUT2D eigenvalue weighted by Gasteiger charge is 2.18. The number of aryl methyl sites for hydroxylation is 1. The van der Waals surface area contributed by atoms with Gasteiger partial charge >= 0.3 is 0 Å². The van der Waals surface area contributed by atoms with Gasteiger partial charge in [0.1, 0.15) is 5.82 Å². The molecule has 1 fully saturated rings. The van der Waals surface area contributed by atoms with Crippen LogP contribution in [-0.4, -0.2) is 45.9 Å². The van der Waals surface area contributed by atoms with Crippen molar-refractivity contribution < 1.29 is 9.59 Å². The summed E-state index contributed by atoms with van der Waals surface area (Å²) in [6.07, 6.45) is 7.39. The molecule has 0 spiro atoms. The van der Waals surface area contributed by atoms with Gasteiger partial charge in [-0.2, -0.15) is 0 Å². The third kappa shape index (κ3) is 4.08. The van der Waals surface area contributed by atoms with E-state index in [1.54, 1.807) is 11.1 Å². The van der Waals surface area contributed by atoms with Crippen molar-refractivity contribution in [2.45, 2.75) is 32.1 Å². The third-order valence-electron chi connectivity index (χ3n) is 3.62. The van der Waals surface area contributed by atoms with Gasteiger partial charge in [0.2, 0.25) is 11.8 Å². The van der Waals surface area contributed by atoms with E-state index in [2.05, 4.69) is 10.3 Å². The minimum Gasteiger partial charge on any atom is -0.356 e. The Balaban J connectivity index is 1.63. The highest BCUT2D eigenvalue weighted by atomic mass is 16.2. The number of imidazole rings is 1. The molecule has 1 aromatic heterocycles. The first-order chi connectivity index (χ1) is 9.66. The maximum Gasteiger partial charge on any atom is 0.222 e. The Bertz CT molecular complexity index is 469. The molecular weight excluding hydrogens is 256 g/mol. The van der Waals surface area contributed by atoms with Crippen molar-refractivity contribution in [2.75, 3.05) is 19.6 Å². The molecular formula is C14H22N4O2. The SMILES string of the molecule is Cn1ccnc1CCNC(=O)CCN1CCCCC1=O. The van der Waals surface area contributed by atoms with Crippen molar-refractivity contribution in [2.24, 2.45) is 7.05 Å². The van der Waals surface area contributed by atoms with Crippen LogP contribution in [0.25, 0.3) is 0 Å². The van der Waals surface area contributed by atoms with Crippen LogP contribution in [0, 0.1) is 0 Å². The normalized spacial score (nSPS) is 15.4. The van der Waals surface area contributed by atoms with Crippen molar-refractivity contribution in [3.63, 3.8) is 0 Å². The Kier molecular flexibility index (Phi) is 5.15. The van der Waals surface area contributed by atoms with Crippen LogP contribution in [0.3, 0.4) is 0 Å². The van der Waals surface area contributed by atoms with E-state index < -0.39 is 0 Å². The van der Waals surface area contributed by atoms with Crippen LogP contribution < -0.4 is 5.32 Å². The molecule has 6 nitrogen and oxygen atoms in total. The first-order valence-corrected chi connectivity index (χ1v) is 7.17. The molecule has 6 heteroatoms. The van der Waals surface area contributed by atoms with Crippen LogP contribution >= 0.6 is 0 Å². The molecule has 0 radical (unpaired) electrons. The van der Waals surface area contributed by atoms with Gasteiger partial charge in [0, 0.05) is 58.3 Å². The van der Waals surface area contributed by atoms with Gasteiger partial charge in [0.25, 0.3) is 0 Å². The molecule has 1 aliphatic rings. The predicted octanol–water partition coefficient (Wildman–Crippen LogP) is 0.481. The second-order valence-corrected chi connectivity index (χ2v) is 5.14. The van der Waals surface area contributed by atoms with E-state index in [4.69, 9.17) is 0 Å². The second-order valence-electron chi connectivity index (χ2n) is 5.14. The molecule has 20 heavy (non-hydrogen) atoms. The van der Waals surface area contributed by atoms with Crippen molar-refractivity contribution in [3.05, 3.63) is 18.2 Å². The Morgan fingerprint density at radius 3 is 3.00 bits per heavy atom. The molecule has 0 atom stereocenters. The molecule has 2 heterocycles. The molecule has 0 unspecified atom stereocenters. The third-order valence-corrected chi connectivity index (χ3v) is 3.62. The minimum absolute atomic E-state index is 0.00224. The summed E-state index contributed by atoms with van der Waals surface area (Å²) in [7, 11) is 1.94. The molecule has 110 valence electrons. The Morgan fingerprint density at radius 2 is 2.30 bits per heavy atom. The van der Waals surface area contributed by atoms with Gasteiger partial charge < -0.3 is 14.8 Å². The van der Waals surface area contributed by atoms with Gasteiger partial charge in [-0.15, -0.1) is 0 Å². The van der Waals surface area contributed by atoms with Crippen molar-refractivity contribution >= 4 is 11.8 Å². The molecule has 1 saturated heterocycles. The number of amides is 2. The summed E-state index contributed by atoms with van der Waals surface area (Å²) >= 11 is 0. The fourth-order valence-corrected chi connectivity index (χ4v) is 2.37. The van der Waals surface area contributed by atoms with E-state index in [0.717, 1.165) is 31.6 Å². The molecule has 0 aromatic carbocycles. The van der Waals surface area contributed by atoms with E-state index in [-0.39, 0.29) is 11.8 Å². The predicted molar refractivity (Wildman–Crippen MR) is 75.0 cm³/mol. The second kappa shape index (κ2) is 7.07. The topological polar surface area (TPSA) is 67.2 Å². The lowest BCUT2D eigenvalue weighted by molar-refractivity contribution is -0.133. The molecule has 1 aromatic rings. The number of likely N-dealkylation sites (tertiary alicyclic amines) is 1. The zero-order valence-electron chi connectivity index (χ0n) is 12.0. The molecule has 1 N–H and O–H groups in total. The number of aromatic nitrogens is 2. The summed E-state index contributed by atoms with van der Waals surface area (Å²) in [5, 5.41) is 2.87. The minimum atomic E-state index is -0.00224. The zero-order valence-corrected chi connectivity index (χ0v) is 12.0. The summed E-state index contributed by atoms with van der Waals surface area (Å²) in [4.78, 5) is 29.3. The quantitative estimate of drug-likeness (QED) is 0.823. The number of hydrogen-bond donors (Lipinski definition) is 1. The van der Waals surface area contributed by atoms with Gasteiger partial charge in [-0.05, 0) is 12.8 Å². The average molecular weight is 278 g/mol. The summed E-state index contributed by atoms with van der Waals surface area (Å²) in [5.74, 6) is 1.13. The van der Waals surface area contributed by atoms with E-state index in [1.807, 2.05) is 17.8 Å². The lowest BCUT2D eigenvalue weighted by Gasteiger charge is -2.26. The number of hydrogen-bond acceptors (Lipinski definition) is 3. The van der Waals surface area contributed by atoms with Gasteiger partial charge in [-0.25, -0.2) is 4.98 Å². The van der Waals surface area contributed by atoms with Gasteiger partial charge in [0.05, 0.1) is 0 Å². The average Bonchev–Trinajstić information content (AvgIpc) is 2.84. The maximum absolute atomic E-state index is 11.7. The zero-order chi connectivity index (χ0) is 14.4. The molecule has 0 bridgehead atoms. The Labute approximate surface area is 119 Å². The largest absolute Gasteiger partial charge is 0.356 e. The lowest BCUT2D eigenvalue weighted by Crippen LogP contribution is -2.38. The van der Waals surface area contributed by atoms with E-state index in [1.165, 1.54) is 0 Å². The van der Waals surface area contributed by atoms with Crippen LogP contribution in [0.1, 0.15) is 31.5 Å². The number of rotatable bonds is 6. The molecule has 1 aliphatic heterocycles. The standard InChI is InChI=1S/C14H22N4O2/c1-17-11-8-15-12(17)5-7-16-13(19)6-10-18-9-3-2-4-14(18)20/h8,11H,2-7,9-10H2,1H3,(H,16,19). The Hall–Kier alpha value is -1.85. The fraction of sp³-hybridized carbons (Fsp3) is 0.643. The number of carbonyl (C=O) groups excluding carboxylic acids is 2. The van der Waals surface area contributed by atoms with Crippen LogP contribution in [0.4, 0.5) is 0 Å². The fourth-order valence-electron chi connectivity index (χ4n) is 2.37. The van der Waals surface area contributed by atoms with Gasteiger partial charge in [-0.3, -0.25) is 9.59 Å². The number of carbonyl (C=O) groups is 2. The van der Waals surface area contributed by atoms with Crippen molar-refractivity contribution in [1.82, 2.24) is 19.8 Å². The monoisotopic (exact) mass is 278 g/mol. The van der Waals surface area contributed by atoms with E-state index in [0.29, 0.717) is 25.9 Å². The first-order valence-electron chi connectivity index (χ1n) is 7.17. The summed E-state index contributed by atoms with van der Waals surface area (Å²) in [6, 6.07) is 0. The highest BCUT2D eigenvalue weighted by Crippen LogP contribution is 2.10. The summed E-state index contributed by atoms with van der Waals surface area (Å²) in [6.45, 7) is 1.91. The molecule has 0 saturated carbocycles. The van der Waals surface area contributed by atoms with Crippen LogP contribution in [0.5, 0.6) is 0 Å². The van der Waals surface area contributed by atoms with Crippen LogP contribution in [0.15, 0.2) is 12.4 Å². The van der Waals surface area contributed by atoms with Gasteiger partial charge in [-0.1, -0.05) is 0 Å². The Morgan fingerprint density at radius 1 is 1.45 bits per heavy atom. The van der Waals surface area contributed by atoms with E-state index in [9.17, 15) is 9.59 Å². The molecule has 2 amide bonds. The van der Waals surface area contributed by atoms with Crippen LogP contribution in [0.2, 0.25) is 0 Å². The van der Waals surface area contributed by atoms with E-state index >= 15 is 0 Å². The highest BCUT2D eigenvalue weighted by molar-refractivity contribution is 5.79. The molecule has 2 rings (SSSR count). The van der Waals surface area contributed by atoms with Crippen molar-refractivity contribution in [1.29, 1.82) is 0 Å². The smallest absolute Gasteiger partial charge is 0.222 e. The maximum atomic E-state index is 11.7. The number of nitrogens with one attached hydrogen (secondary N) is 1. The molecule has 0 aliphatic carbocycles. The van der Waals surface area contributed by atoms with Gasteiger partial charge in [0.15, 0.2) is 0 Å². The number of nitrogens with zero attached hydrogens (tertiary/aromatic N) is 3. The lowest BCUT2D eigenvalue weighted by atomic mass is 10.1. The summed E-state index contributed by atoms with van der Waals surface area (Å²) in [5.41, 5.74) is 0.